The molecule has 0 radical (unpaired) electrons. The van der Waals surface area contributed by atoms with Crippen molar-refractivity contribution in [3.63, 3.8) is 0 Å². The Morgan fingerprint density at radius 2 is 2.26 bits per heavy atom. The minimum Gasteiger partial charge on any atom is -0.383 e. The smallest absolute Gasteiger partial charge is 0.315 e. The van der Waals surface area contributed by atoms with E-state index in [1.807, 2.05) is 0 Å². The fraction of sp³-hybridized carbons (Fsp3) is 0.750. The minimum absolute atomic E-state index is 0.147. The second-order valence-corrected chi connectivity index (χ2v) is 6.98. The number of hydrogen-bond donors (Lipinski definition) is 3. The predicted octanol–water partition coefficient (Wildman–Crippen LogP) is 0.800. The van der Waals surface area contributed by atoms with E-state index < -0.39 is 5.60 Å². The van der Waals surface area contributed by atoms with Crippen LogP contribution in [0.25, 0.3) is 0 Å². The van der Waals surface area contributed by atoms with E-state index in [1.165, 1.54) is 6.42 Å². The molecule has 7 heteroatoms. The average molecular weight is 323 g/mol. The lowest BCUT2D eigenvalue weighted by Crippen LogP contribution is -2.49. The Hall–Kier alpha value is -1.60. The Bertz CT molecular complexity index is 526. The van der Waals surface area contributed by atoms with Gasteiger partial charge in [0.05, 0.1) is 12.7 Å². The SMILES string of the molecule is CN(C)C1CCCC(NC(=O)NCC(C)(O)c2cnn(C)c2)C1. The van der Waals surface area contributed by atoms with Gasteiger partial charge in [-0.2, -0.15) is 5.10 Å². The summed E-state index contributed by atoms with van der Waals surface area (Å²) < 4.78 is 1.63. The molecule has 3 N–H and O–H groups in total. The van der Waals surface area contributed by atoms with E-state index in [1.54, 1.807) is 31.0 Å². The van der Waals surface area contributed by atoms with Gasteiger partial charge in [0.15, 0.2) is 0 Å². The molecule has 2 amide bonds. The van der Waals surface area contributed by atoms with Crippen LogP contribution in [-0.2, 0) is 12.6 Å². The highest BCUT2D eigenvalue weighted by Gasteiger charge is 2.27. The molecule has 1 aliphatic carbocycles. The van der Waals surface area contributed by atoms with Crippen LogP contribution in [0.4, 0.5) is 4.79 Å². The van der Waals surface area contributed by atoms with Crippen molar-refractivity contribution in [1.29, 1.82) is 0 Å². The molecule has 7 nitrogen and oxygen atoms in total. The van der Waals surface area contributed by atoms with Crippen molar-refractivity contribution in [3.8, 4) is 0 Å². The normalized spacial score (nSPS) is 24.3. The summed E-state index contributed by atoms with van der Waals surface area (Å²) in [5.74, 6) is 0. The van der Waals surface area contributed by atoms with Crippen LogP contribution < -0.4 is 10.6 Å². The van der Waals surface area contributed by atoms with E-state index in [9.17, 15) is 9.90 Å². The van der Waals surface area contributed by atoms with Crippen LogP contribution >= 0.6 is 0 Å². The highest BCUT2D eigenvalue weighted by molar-refractivity contribution is 5.74. The van der Waals surface area contributed by atoms with Crippen molar-refractivity contribution in [2.24, 2.45) is 7.05 Å². The molecule has 1 saturated carbocycles. The molecule has 1 aliphatic rings. The van der Waals surface area contributed by atoms with Crippen LogP contribution in [0.15, 0.2) is 12.4 Å². The summed E-state index contributed by atoms with van der Waals surface area (Å²) in [6, 6.07) is 0.491. The molecule has 130 valence electrons. The highest BCUT2D eigenvalue weighted by Crippen LogP contribution is 2.22. The van der Waals surface area contributed by atoms with E-state index in [-0.39, 0.29) is 18.6 Å². The summed E-state index contributed by atoms with van der Waals surface area (Å²) >= 11 is 0. The molecular weight excluding hydrogens is 294 g/mol. The average Bonchev–Trinajstić information content (AvgIpc) is 2.93. The van der Waals surface area contributed by atoms with Gasteiger partial charge in [-0.05, 0) is 46.7 Å². The maximum Gasteiger partial charge on any atom is 0.315 e. The molecule has 3 atom stereocenters. The lowest BCUT2D eigenvalue weighted by molar-refractivity contribution is 0.0590. The fourth-order valence-electron chi connectivity index (χ4n) is 3.05. The molecular formula is C16H29N5O2. The Balaban J connectivity index is 1.80. The molecule has 1 aromatic heterocycles. The molecule has 23 heavy (non-hydrogen) atoms. The molecule has 0 bridgehead atoms. The summed E-state index contributed by atoms with van der Waals surface area (Å²) in [4.78, 5) is 14.3. The number of nitrogens with zero attached hydrogens (tertiary/aromatic N) is 3. The number of aryl methyl sites for hydroxylation is 1. The van der Waals surface area contributed by atoms with Gasteiger partial charge in [-0.3, -0.25) is 4.68 Å². The van der Waals surface area contributed by atoms with Gasteiger partial charge in [0.2, 0.25) is 0 Å². The number of urea groups is 1. The van der Waals surface area contributed by atoms with E-state index in [4.69, 9.17) is 0 Å². The molecule has 0 saturated heterocycles. The van der Waals surface area contributed by atoms with Crippen LogP contribution in [0.5, 0.6) is 0 Å². The van der Waals surface area contributed by atoms with Gasteiger partial charge in [-0.1, -0.05) is 0 Å². The summed E-state index contributed by atoms with van der Waals surface area (Å²) in [5.41, 5.74) is -0.449. The highest BCUT2D eigenvalue weighted by atomic mass is 16.3. The van der Waals surface area contributed by atoms with Crippen molar-refractivity contribution >= 4 is 6.03 Å². The molecule has 0 aromatic carbocycles. The topological polar surface area (TPSA) is 82.4 Å². The lowest BCUT2D eigenvalue weighted by atomic mass is 9.90. The third-order valence-electron chi connectivity index (χ3n) is 4.63. The minimum atomic E-state index is -1.13. The number of hydrogen-bond acceptors (Lipinski definition) is 4. The molecule has 0 spiro atoms. The monoisotopic (exact) mass is 323 g/mol. The van der Waals surface area contributed by atoms with Gasteiger partial charge in [-0.25, -0.2) is 4.79 Å². The van der Waals surface area contributed by atoms with Gasteiger partial charge in [0.1, 0.15) is 5.60 Å². The Labute approximate surface area is 138 Å². The molecule has 2 rings (SSSR count). The largest absolute Gasteiger partial charge is 0.383 e. The van der Waals surface area contributed by atoms with Gasteiger partial charge in [0.25, 0.3) is 0 Å². The van der Waals surface area contributed by atoms with Crippen LogP contribution in [0.1, 0.15) is 38.2 Å². The number of nitrogens with one attached hydrogen (secondary N) is 2. The van der Waals surface area contributed by atoms with Crippen molar-refractivity contribution in [3.05, 3.63) is 18.0 Å². The number of aromatic nitrogens is 2. The van der Waals surface area contributed by atoms with Crippen LogP contribution in [-0.4, -0.2) is 58.5 Å². The number of amides is 2. The number of carbonyl (C=O) groups excluding carboxylic acids is 1. The first-order valence-electron chi connectivity index (χ1n) is 8.20. The molecule has 1 fully saturated rings. The van der Waals surface area contributed by atoms with E-state index >= 15 is 0 Å². The van der Waals surface area contributed by atoms with Gasteiger partial charge in [0, 0.05) is 30.9 Å². The standard InChI is InChI=1S/C16H29N5O2/c1-16(23,12-9-18-21(4)10-12)11-17-15(22)19-13-6-5-7-14(8-13)20(2)3/h9-10,13-14,23H,5-8,11H2,1-4H3,(H2,17,19,22). The summed E-state index contributed by atoms with van der Waals surface area (Å²) in [6.45, 7) is 1.82. The van der Waals surface area contributed by atoms with Crippen LogP contribution in [0.3, 0.4) is 0 Å². The first-order chi connectivity index (χ1) is 10.8. The first kappa shape index (κ1) is 17.7. The number of carbonyl (C=O) groups is 1. The van der Waals surface area contributed by atoms with Crippen LogP contribution in [0.2, 0.25) is 0 Å². The van der Waals surface area contributed by atoms with Crippen molar-refractivity contribution in [1.82, 2.24) is 25.3 Å². The van der Waals surface area contributed by atoms with Gasteiger partial charge >= 0.3 is 6.03 Å². The van der Waals surface area contributed by atoms with Crippen molar-refractivity contribution in [2.45, 2.75) is 50.3 Å². The van der Waals surface area contributed by atoms with Crippen LogP contribution in [0, 0.1) is 0 Å². The fourth-order valence-corrected chi connectivity index (χ4v) is 3.05. The van der Waals surface area contributed by atoms with E-state index in [2.05, 4.69) is 34.7 Å². The Morgan fingerprint density at radius 3 is 2.87 bits per heavy atom. The molecule has 1 aromatic rings. The van der Waals surface area contributed by atoms with E-state index in [0.29, 0.717) is 11.6 Å². The third-order valence-corrected chi connectivity index (χ3v) is 4.63. The maximum absolute atomic E-state index is 12.1. The Morgan fingerprint density at radius 1 is 1.52 bits per heavy atom. The zero-order chi connectivity index (χ0) is 17.0. The first-order valence-corrected chi connectivity index (χ1v) is 8.20. The summed E-state index contributed by atoms with van der Waals surface area (Å²) in [5, 5.41) is 20.3. The zero-order valence-corrected chi connectivity index (χ0v) is 14.5. The summed E-state index contributed by atoms with van der Waals surface area (Å²) in [6.07, 6.45) is 7.66. The van der Waals surface area contributed by atoms with Crippen molar-refractivity contribution in [2.75, 3.05) is 20.6 Å². The molecule has 3 unspecified atom stereocenters. The van der Waals surface area contributed by atoms with Gasteiger partial charge in [-0.15, -0.1) is 0 Å². The second kappa shape index (κ2) is 7.31. The predicted molar refractivity (Wildman–Crippen MR) is 89.0 cm³/mol. The maximum atomic E-state index is 12.1. The summed E-state index contributed by atoms with van der Waals surface area (Å²) in [7, 11) is 5.96. The lowest BCUT2D eigenvalue weighted by Gasteiger charge is -2.34. The quantitative estimate of drug-likeness (QED) is 0.748. The molecule has 0 aliphatic heterocycles. The van der Waals surface area contributed by atoms with Gasteiger partial charge < -0.3 is 20.6 Å². The van der Waals surface area contributed by atoms with E-state index in [0.717, 1.165) is 19.3 Å². The second-order valence-electron chi connectivity index (χ2n) is 6.98. The Kier molecular flexibility index (Phi) is 5.64. The molecule has 1 heterocycles. The number of aliphatic hydroxyl groups is 1. The van der Waals surface area contributed by atoms with Crippen molar-refractivity contribution < 1.29 is 9.90 Å². The third kappa shape index (κ3) is 4.94. The zero-order valence-electron chi connectivity index (χ0n) is 14.5. The number of rotatable bonds is 5.